The molecule has 2 aliphatic rings. The molecule has 109 heavy (non-hydrogen) atoms. The van der Waals surface area contributed by atoms with Crippen molar-refractivity contribution in [2.75, 3.05) is 0 Å². The molecule has 0 fully saturated rings. The van der Waals surface area contributed by atoms with Crippen LogP contribution in [0.4, 0.5) is 11.4 Å². The Bertz CT molecular complexity index is 5990. The van der Waals surface area contributed by atoms with Crippen molar-refractivity contribution in [3.05, 3.63) is 347 Å². The number of hydrogen-bond donors (Lipinski definition) is 0. The van der Waals surface area contributed by atoms with Gasteiger partial charge in [0, 0.05) is 5.41 Å². The topological polar surface area (TPSA) is 130 Å². The van der Waals surface area contributed by atoms with Crippen LogP contribution in [0.25, 0.3) is 77.1 Å². The maximum atomic E-state index is 11.2. The van der Waals surface area contributed by atoms with Gasteiger partial charge in [0.2, 0.25) is 0 Å². The number of benzene rings is 14. The zero-order chi connectivity index (χ0) is 75.3. The first-order valence-corrected chi connectivity index (χ1v) is 35.5. The molecule has 14 aromatic rings. The number of para-hydroxylation sites is 2. The molecule has 1 spiro atoms. The molecule has 0 aliphatic heterocycles. The summed E-state index contributed by atoms with van der Waals surface area (Å²) in [5.74, 6) is 4.97. The number of hydrogen-bond acceptors (Lipinski definition) is 10. The fourth-order valence-electron chi connectivity index (χ4n) is 15.5. The van der Waals surface area contributed by atoms with Crippen molar-refractivity contribution in [2.24, 2.45) is 0 Å². The molecule has 0 radical (unpaired) electrons. The Hall–Kier alpha value is -14.6. The van der Waals surface area contributed by atoms with Crippen molar-refractivity contribution in [3.63, 3.8) is 0 Å². The Morgan fingerprint density at radius 1 is 0.303 bits per heavy atom. The Morgan fingerprint density at radius 2 is 0.541 bits per heavy atom. The monoisotopic (exact) mass is 1420 g/mol. The van der Waals surface area contributed by atoms with E-state index in [1.807, 2.05) is 158 Å². The Morgan fingerprint density at radius 3 is 0.826 bits per heavy atom. The maximum absolute atomic E-state index is 11.2. The lowest BCUT2D eigenvalue weighted by atomic mass is 9.72. The predicted octanol–water partition coefficient (Wildman–Crippen LogP) is 27.7. The molecule has 14 aromatic carbocycles. The largest absolute Gasteiger partial charge is 0.468 e. The van der Waals surface area contributed by atoms with E-state index in [-0.39, 0.29) is 91.5 Å². The lowest BCUT2D eigenvalue weighted by Gasteiger charge is -2.31. The van der Waals surface area contributed by atoms with Crippen LogP contribution in [0.3, 0.4) is 0 Å². The van der Waals surface area contributed by atoms with Gasteiger partial charge in [0.25, 0.3) is 11.4 Å². The first kappa shape index (κ1) is 68.8. The van der Waals surface area contributed by atoms with Crippen molar-refractivity contribution in [2.45, 2.75) is 56.8 Å². The minimum absolute atomic E-state index is 0.111. The minimum atomic E-state index is -0.798. The van der Waals surface area contributed by atoms with E-state index in [4.69, 9.17) is 51.0 Å². The quantitative estimate of drug-likeness (QED) is 0.0680. The lowest BCUT2D eigenvalue weighted by Crippen LogP contribution is -2.27. The zero-order valence-corrected chi connectivity index (χ0v) is 60.2. The second-order valence-corrected chi connectivity index (χ2v) is 28.5. The molecule has 12 nitrogen and oxygen atoms in total. The fraction of sp³-hybridized carbons (Fsp3) is 0.0928. The summed E-state index contributed by atoms with van der Waals surface area (Å²) in [7, 11) is 0. The maximum Gasteiger partial charge on any atom is 0.270 e. The average Bonchev–Trinajstić information content (AvgIpc) is 1.52. The molecule has 0 aromatic heterocycles. The van der Waals surface area contributed by atoms with Crippen molar-refractivity contribution in [3.8, 4) is 104 Å². The lowest BCUT2D eigenvalue weighted by molar-refractivity contribution is 0.349. The summed E-state index contributed by atoms with van der Waals surface area (Å²) < 4.78 is 54.9. The van der Waals surface area contributed by atoms with Gasteiger partial charge in [-0.1, -0.05) is 175 Å². The molecule has 524 valence electrons. The van der Waals surface area contributed by atoms with Crippen molar-refractivity contribution >= 4 is 78.8 Å². The van der Waals surface area contributed by atoms with Gasteiger partial charge in [-0.25, -0.2) is 9.69 Å². The second kappa shape index (κ2) is 27.8. The highest BCUT2D eigenvalue weighted by molar-refractivity contribution is 5.90. The first-order valence-electron chi connectivity index (χ1n) is 35.5. The van der Waals surface area contributed by atoms with Crippen LogP contribution in [-0.4, -0.2) is 0 Å². The molecule has 0 heterocycles. The number of ether oxygens (including phenoxy) is 8. The van der Waals surface area contributed by atoms with E-state index in [0.29, 0.717) is 35.8 Å². The summed E-state index contributed by atoms with van der Waals surface area (Å²) in [6.07, 6.45) is 8.38. The Balaban J connectivity index is 0.835. The molecule has 1 unspecified atom stereocenters. The molecular formula is C97H68N4O8. The highest BCUT2D eigenvalue weighted by atomic mass is 16.5. The van der Waals surface area contributed by atoms with Crippen LogP contribution in [0.2, 0.25) is 0 Å². The normalized spacial score (nSPS) is 14.1. The van der Waals surface area contributed by atoms with Crippen molar-refractivity contribution in [1.29, 1.82) is 10.5 Å². The van der Waals surface area contributed by atoms with E-state index in [0.717, 1.165) is 87.6 Å². The number of fused-ring (bicyclic) bond motifs is 8. The zero-order valence-electron chi connectivity index (χ0n) is 60.2. The van der Waals surface area contributed by atoms with Gasteiger partial charge in [-0.3, -0.25) is 0 Å². The minimum Gasteiger partial charge on any atom is -0.468 e. The molecule has 16 rings (SSSR count). The van der Waals surface area contributed by atoms with Gasteiger partial charge in [-0.2, -0.15) is 10.5 Å². The number of rotatable bonds is 20. The van der Waals surface area contributed by atoms with Crippen LogP contribution >= 0.6 is 0 Å². The molecule has 1 atom stereocenters. The second-order valence-electron chi connectivity index (χ2n) is 28.5. The summed E-state index contributed by atoms with van der Waals surface area (Å²) >= 11 is 0. The molecule has 0 amide bonds. The SMILES string of the molecule is [C-]#[N+]c1c(Oc2ccc3cc(C=C)ccc3c2)cccc1Oc1cc2c(cc1Oc1cccc(Oc3ccc4cc(C=C)ccc4c3)c1[N+]#[C-])C1(CC(C)(C)c3cc(Oc4cccc(Oc5ccc6cc(C=C)ccc6c5)c4C#N)c(Oc4cccc(Oc5ccc6cc(C=C)ccc6c5)c4C#N)cc31)CC2(C)C. The van der Waals surface area contributed by atoms with Gasteiger partial charge in [0.15, 0.2) is 23.0 Å². The number of nitrogens with zero attached hydrogens (tertiary/aromatic N) is 4. The van der Waals surface area contributed by atoms with Gasteiger partial charge in [-0.05, 0) is 257 Å². The van der Waals surface area contributed by atoms with E-state index in [1.165, 1.54) is 0 Å². The summed E-state index contributed by atoms with van der Waals surface area (Å²) in [6.45, 7) is 42.0. The van der Waals surface area contributed by atoms with E-state index >= 15 is 0 Å². The highest BCUT2D eigenvalue weighted by Crippen LogP contribution is 2.66. The molecule has 12 heteroatoms. The summed E-state index contributed by atoms with van der Waals surface area (Å²) in [5.41, 5.74) is 6.24. The van der Waals surface area contributed by atoms with Gasteiger partial charge in [-0.15, -0.1) is 0 Å². The van der Waals surface area contributed by atoms with Gasteiger partial charge >= 0.3 is 0 Å². The van der Waals surface area contributed by atoms with Crippen LogP contribution < -0.4 is 37.9 Å². The molecule has 0 saturated heterocycles. The van der Waals surface area contributed by atoms with Gasteiger partial charge in [0.05, 0.1) is 13.1 Å². The Kier molecular flexibility index (Phi) is 17.6. The molecule has 0 bridgehead atoms. The fourth-order valence-corrected chi connectivity index (χ4v) is 15.5. The standard InChI is InChI=1S/C97H68N4O8/c1-11-59-27-31-67-47-71(39-35-63(67)43-59)102-81-19-15-21-83(75(81)55-98)106-89-51-77-79(53-91(89)107-84-22-16-20-82(76(84)56-99)103-72-40-36-64-44-60(12-2)28-32-68(64)48-72)97(57-95(77,5)6)58-96(7,8)78-52-90(108-87-25-17-23-85(93(87)100-9)104-73-41-37-65-45-61(13-3)29-33-69(65)49-73)92(54-80(78)97)109-88-26-18-24-86(94(88)101-10)105-74-42-38-66-46-62(14-4)30-34-70(66)50-74/h11-54H,1-4,57-58H2,5-8H3. The molecular weight excluding hydrogens is 1350 g/mol. The Labute approximate surface area is 631 Å². The van der Waals surface area contributed by atoms with Crippen LogP contribution in [0, 0.1) is 35.8 Å². The van der Waals surface area contributed by atoms with Gasteiger partial charge < -0.3 is 37.9 Å². The van der Waals surface area contributed by atoms with Crippen molar-refractivity contribution in [1.82, 2.24) is 0 Å². The van der Waals surface area contributed by atoms with Crippen LogP contribution in [-0.2, 0) is 16.2 Å². The van der Waals surface area contributed by atoms with E-state index in [2.05, 4.69) is 88.0 Å². The van der Waals surface area contributed by atoms with Gasteiger partial charge in [0.1, 0.15) is 92.3 Å². The van der Waals surface area contributed by atoms with Crippen LogP contribution in [0.5, 0.6) is 92.0 Å². The van der Waals surface area contributed by atoms with E-state index in [1.54, 1.807) is 97.1 Å². The van der Waals surface area contributed by atoms with E-state index in [9.17, 15) is 10.5 Å². The van der Waals surface area contributed by atoms with E-state index < -0.39 is 16.2 Å². The molecule has 0 saturated carbocycles. The number of nitriles is 2. The summed E-state index contributed by atoms with van der Waals surface area (Å²) in [6, 6.07) is 81.0. The van der Waals surface area contributed by atoms with Crippen LogP contribution in [0.15, 0.2) is 269 Å². The smallest absolute Gasteiger partial charge is 0.270 e. The first-order chi connectivity index (χ1) is 53.0. The predicted molar refractivity (Wildman–Crippen MR) is 433 cm³/mol. The third kappa shape index (κ3) is 13.0. The third-order valence-electron chi connectivity index (χ3n) is 20.6. The van der Waals surface area contributed by atoms with Crippen molar-refractivity contribution < 1.29 is 37.9 Å². The summed E-state index contributed by atoms with van der Waals surface area (Å²) in [5, 5.41) is 30.2. The molecule has 2 aliphatic carbocycles. The molecule has 0 N–H and O–H groups in total. The third-order valence-corrected chi connectivity index (χ3v) is 20.6. The van der Waals surface area contributed by atoms with Crippen LogP contribution in [0.1, 0.15) is 96.2 Å². The summed E-state index contributed by atoms with van der Waals surface area (Å²) in [4.78, 5) is 8.12. The average molecular weight is 1420 g/mol. The highest BCUT2D eigenvalue weighted by Gasteiger charge is 2.57.